The lowest BCUT2D eigenvalue weighted by molar-refractivity contribution is -0.114. The van der Waals surface area contributed by atoms with Crippen molar-refractivity contribution in [2.24, 2.45) is 0 Å². The molecule has 10 heteroatoms. The molecule has 168 valence electrons. The molecular weight excluding hydrogens is 434 g/mol. The number of carbonyl (C=O) groups excluding carboxylic acids is 1. The van der Waals surface area contributed by atoms with Crippen LogP contribution < -0.4 is 23.8 Å². The topological polar surface area (TPSA) is 107 Å². The molecule has 0 radical (unpaired) electrons. The van der Waals surface area contributed by atoms with E-state index < -0.39 is 22.5 Å². The van der Waals surface area contributed by atoms with Crippen molar-refractivity contribution in [2.75, 3.05) is 37.5 Å². The maximum absolute atomic E-state index is 13.3. The molecule has 1 N–H and O–H groups in total. The van der Waals surface area contributed by atoms with E-state index >= 15 is 0 Å². The molecule has 1 heterocycles. The molecule has 0 fully saturated rings. The molecule has 2 aromatic carbocycles. The number of methoxy groups -OCH3 is 3. The molecule has 0 atom stereocenters. The number of hydrogen-bond acceptors (Lipinski definition) is 7. The van der Waals surface area contributed by atoms with Crippen LogP contribution in [0.15, 0.2) is 71.9 Å². The zero-order valence-corrected chi connectivity index (χ0v) is 18.6. The second-order valence-corrected chi connectivity index (χ2v) is 8.38. The fourth-order valence-corrected chi connectivity index (χ4v) is 4.30. The van der Waals surface area contributed by atoms with Crippen LogP contribution in [0.25, 0.3) is 0 Å². The molecule has 3 rings (SSSR count). The monoisotopic (exact) mass is 457 g/mol. The lowest BCUT2D eigenvalue weighted by atomic mass is 10.2. The molecule has 0 aliphatic rings. The molecule has 0 unspecified atom stereocenters. The number of carbonyl (C=O) groups is 1. The first kappa shape index (κ1) is 22.9. The summed E-state index contributed by atoms with van der Waals surface area (Å²) < 4.78 is 43.2. The van der Waals surface area contributed by atoms with Gasteiger partial charge in [-0.3, -0.25) is 14.1 Å². The van der Waals surface area contributed by atoms with Crippen LogP contribution in [0.4, 0.5) is 11.4 Å². The molecule has 0 bridgehead atoms. The summed E-state index contributed by atoms with van der Waals surface area (Å²) in [5.41, 5.74) is 0.679. The van der Waals surface area contributed by atoms with E-state index in [1.807, 2.05) is 0 Å². The third-order valence-corrected chi connectivity index (χ3v) is 6.31. The van der Waals surface area contributed by atoms with Gasteiger partial charge in [0.05, 0.1) is 32.7 Å². The van der Waals surface area contributed by atoms with Crippen molar-refractivity contribution in [3.05, 3.63) is 67.0 Å². The highest BCUT2D eigenvalue weighted by Crippen LogP contribution is 2.30. The molecule has 0 aliphatic carbocycles. The van der Waals surface area contributed by atoms with Crippen molar-refractivity contribution in [1.82, 2.24) is 4.98 Å². The Morgan fingerprint density at radius 2 is 1.66 bits per heavy atom. The van der Waals surface area contributed by atoms with E-state index in [-0.39, 0.29) is 4.90 Å². The summed E-state index contributed by atoms with van der Waals surface area (Å²) >= 11 is 0. The number of nitrogens with zero attached hydrogens (tertiary/aromatic N) is 2. The summed E-state index contributed by atoms with van der Waals surface area (Å²) in [6.07, 6.45) is 2.70. The quantitative estimate of drug-likeness (QED) is 0.526. The summed E-state index contributed by atoms with van der Waals surface area (Å²) in [7, 11) is 0.416. The molecule has 3 aromatic rings. The van der Waals surface area contributed by atoms with Crippen molar-refractivity contribution in [1.29, 1.82) is 0 Å². The smallest absolute Gasteiger partial charge is 0.266 e. The number of amides is 1. The Labute approximate surface area is 186 Å². The largest absolute Gasteiger partial charge is 0.497 e. The lowest BCUT2D eigenvalue weighted by Gasteiger charge is -2.24. The number of aromatic nitrogens is 1. The molecule has 1 aromatic heterocycles. The van der Waals surface area contributed by atoms with Gasteiger partial charge in [0.25, 0.3) is 10.0 Å². The average molecular weight is 458 g/mol. The van der Waals surface area contributed by atoms with Gasteiger partial charge in [0.1, 0.15) is 28.7 Å². The third-order valence-electron chi connectivity index (χ3n) is 4.55. The minimum atomic E-state index is -4.07. The van der Waals surface area contributed by atoms with Gasteiger partial charge in [-0.25, -0.2) is 8.42 Å². The Hall–Kier alpha value is -3.79. The lowest BCUT2D eigenvalue weighted by Crippen LogP contribution is -2.38. The summed E-state index contributed by atoms with van der Waals surface area (Å²) in [6, 6.07) is 14.2. The van der Waals surface area contributed by atoms with Gasteiger partial charge in [0.2, 0.25) is 5.91 Å². The Morgan fingerprint density at radius 3 is 2.25 bits per heavy atom. The van der Waals surface area contributed by atoms with Crippen LogP contribution in [0.3, 0.4) is 0 Å². The number of sulfonamides is 1. The molecule has 0 aliphatic heterocycles. The number of nitrogens with one attached hydrogen (secondary N) is 1. The molecule has 0 spiro atoms. The average Bonchev–Trinajstić information content (AvgIpc) is 2.83. The number of benzene rings is 2. The highest BCUT2D eigenvalue weighted by atomic mass is 32.2. The van der Waals surface area contributed by atoms with Crippen molar-refractivity contribution in [3.8, 4) is 17.2 Å². The standard InChI is InChI=1S/C22H23N3O6S/c1-29-17-8-6-16(7-9-17)25(32(27,28)19-5-4-12-23-14-19)15-22(26)24-20-11-10-18(30-2)13-21(20)31-3/h4-14H,15H2,1-3H3,(H,24,26). The van der Waals surface area contributed by atoms with E-state index in [1.165, 1.54) is 45.9 Å². The first-order valence-corrected chi connectivity index (χ1v) is 10.9. The number of pyridine rings is 1. The number of ether oxygens (including phenoxy) is 3. The van der Waals surface area contributed by atoms with Gasteiger partial charge in [-0.1, -0.05) is 0 Å². The predicted molar refractivity (Wildman–Crippen MR) is 120 cm³/mol. The van der Waals surface area contributed by atoms with Gasteiger partial charge in [-0.15, -0.1) is 0 Å². The second kappa shape index (κ2) is 10.0. The van der Waals surface area contributed by atoms with Crippen LogP contribution in [0.5, 0.6) is 17.2 Å². The molecule has 9 nitrogen and oxygen atoms in total. The van der Waals surface area contributed by atoms with Gasteiger partial charge >= 0.3 is 0 Å². The van der Waals surface area contributed by atoms with Crippen LogP contribution in [0.2, 0.25) is 0 Å². The van der Waals surface area contributed by atoms with Crippen molar-refractivity contribution >= 4 is 27.3 Å². The fraction of sp³-hybridized carbons (Fsp3) is 0.182. The zero-order valence-electron chi connectivity index (χ0n) is 17.8. The maximum Gasteiger partial charge on any atom is 0.266 e. The number of hydrogen-bond donors (Lipinski definition) is 1. The third kappa shape index (κ3) is 5.09. The zero-order chi connectivity index (χ0) is 23.1. The van der Waals surface area contributed by atoms with Crippen LogP contribution in [0.1, 0.15) is 0 Å². The summed E-state index contributed by atoms with van der Waals surface area (Å²) in [6.45, 7) is -0.473. The Balaban J connectivity index is 1.93. The van der Waals surface area contributed by atoms with Crippen LogP contribution >= 0.6 is 0 Å². The normalized spacial score (nSPS) is 10.8. The SMILES string of the molecule is COc1ccc(N(CC(=O)Nc2ccc(OC)cc2OC)S(=O)(=O)c2cccnc2)cc1. The molecule has 0 saturated heterocycles. The van der Waals surface area contributed by atoms with Gasteiger partial charge in [-0.05, 0) is 48.5 Å². The fourth-order valence-electron chi connectivity index (χ4n) is 2.91. The van der Waals surface area contributed by atoms with E-state index in [0.717, 1.165) is 4.31 Å². The minimum absolute atomic E-state index is 0.0364. The summed E-state index contributed by atoms with van der Waals surface area (Å²) in [4.78, 5) is 16.7. The Kier molecular flexibility index (Phi) is 7.16. The van der Waals surface area contributed by atoms with E-state index in [0.29, 0.717) is 28.6 Å². The Bertz CT molecular complexity index is 1170. The number of rotatable bonds is 9. The molecule has 1 amide bonds. The van der Waals surface area contributed by atoms with E-state index in [1.54, 1.807) is 42.5 Å². The first-order valence-electron chi connectivity index (χ1n) is 9.47. The van der Waals surface area contributed by atoms with Gasteiger partial charge in [0.15, 0.2) is 0 Å². The van der Waals surface area contributed by atoms with E-state index in [9.17, 15) is 13.2 Å². The van der Waals surface area contributed by atoms with E-state index in [2.05, 4.69) is 10.3 Å². The van der Waals surface area contributed by atoms with Gasteiger partial charge < -0.3 is 19.5 Å². The van der Waals surface area contributed by atoms with Crippen LogP contribution in [0, 0.1) is 0 Å². The van der Waals surface area contributed by atoms with Crippen molar-refractivity contribution < 1.29 is 27.4 Å². The Morgan fingerprint density at radius 1 is 0.969 bits per heavy atom. The van der Waals surface area contributed by atoms with E-state index in [4.69, 9.17) is 14.2 Å². The van der Waals surface area contributed by atoms with Crippen LogP contribution in [-0.4, -0.2) is 47.2 Å². The van der Waals surface area contributed by atoms with Gasteiger partial charge in [0, 0.05) is 18.5 Å². The molecule has 0 saturated carbocycles. The first-order chi connectivity index (χ1) is 15.4. The highest BCUT2D eigenvalue weighted by molar-refractivity contribution is 7.92. The minimum Gasteiger partial charge on any atom is -0.497 e. The second-order valence-electron chi connectivity index (χ2n) is 6.51. The van der Waals surface area contributed by atoms with Crippen LogP contribution in [-0.2, 0) is 14.8 Å². The number of anilines is 2. The molecular formula is C22H23N3O6S. The maximum atomic E-state index is 13.3. The van der Waals surface area contributed by atoms with Crippen molar-refractivity contribution in [3.63, 3.8) is 0 Å². The predicted octanol–water partition coefficient (Wildman–Crippen LogP) is 2.94. The molecule has 32 heavy (non-hydrogen) atoms. The van der Waals surface area contributed by atoms with Crippen molar-refractivity contribution in [2.45, 2.75) is 4.90 Å². The summed E-state index contributed by atoms with van der Waals surface area (Å²) in [5, 5.41) is 2.69. The highest BCUT2D eigenvalue weighted by Gasteiger charge is 2.28. The van der Waals surface area contributed by atoms with Gasteiger partial charge in [-0.2, -0.15) is 0 Å². The summed E-state index contributed by atoms with van der Waals surface area (Å²) in [5.74, 6) is 0.930.